The predicted octanol–water partition coefficient (Wildman–Crippen LogP) is 3.17. The molecule has 0 atom stereocenters. The first-order chi connectivity index (χ1) is 13.5. The Labute approximate surface area is 168 Å². The Kier molecular flexibility index (Phi) is 5.05. The average molecular weight is 397 g/mol. The summed E-state index contributed by atoms with van der Waals surface area (Å²) in [5.74, 6) is -0.0919. The van der Waals surface area contributed by atoms with Crippen LogP contribution >= 0.6 is 11.6 Å². The summed E-state index contributed by atoms with van der Waals surface area (Å²) in [6.07, 6.45) is 3.72. The average Bonchev–Trinajstić information content (AvgIpc) is 3.02. The van der Waals surface area contributed by atoms with Gasteiger partial charge in [-0.2, -0.15) is 0 Å². The number of rotatable bonds is 3. The Balaban J connectivity index is 1.48. The zero-order valence-corrected chi connectivity index (χ0v) is 16.4. The maximum absolute atomic E-state index is 12.9. The van der Waals surface area contributed by atoms with Gasteiger partial charge in [0.05, 0.1) is 5.02 Å². The maximum Gasteiger partial charge on any atom is 0.274 e. The van der Waals surface area contributed by atoms with Gasteiger partial charge in [0.15, 0.2) is 0 Å². The van der Waals surface area contributed by atoms with Gasteiger partial charge >= 0.3 is 0 Å². The fourth-order valence-electron chi connectivity index (χ4n) is 3.46. The Morgan fingerprint density at radius 2 is 1.93 bits per heavy atom. The number of benzene rings is 1. The van der Waals surface area contributed by atoms with Crippen LogP contribution in [0.3, 0.4) is 0 Å². The van der Waals surface area contributed by atoms with Gasteiger partial charge in [-0.1, -0.05) is 35.9 Å². The Morgan fingerprint density at radius 3 is 2.75 bits per heavy atom. The summed E-state index contributed by atoms with van der Waals surface area (Å²) < 4.78 is 1.74. The van der Waals surface area contributed by atoms with Crippen molar-refractivity contribution in [3.8, 4) is 0 Å². The van der Waals surface area contributed by atoms with Crippen molar-refractivity contribution in [1.29, 1.82) is 0 Å². The molecule has 0 unspecified atom stereocenters. The number of fused-ring (bicyclic) bond motifs is 1. The molecule has 3 heterocycles. The van der Waals surface area contributed by atoms with Gasteiger partial charge < -0.3 is 14.2 Å². The van der Waals surface area contributed by atoms with Gasteiger partial charge in [0, 0.05) is 45.0 Å². The van der Waals surface area contributed by atoms with Crippen LogP contribution in [-0.4, -0.2) is 50.6 Å². The topological polar surface area (TPSA) is 57.9 Å². The van der Waals surface area contributed by atoms with Gasteiger partial charge in [0.25, 0.3) is 5.91 Å². The smallest absolute Gasteiger partial charge is 0.274 e. The minimum absolute atomic E-state index is 0.0698. The molecule has 7 heteroatoms. The third-order valence-electron chi connectivity index (χ3n) is 5.13. The lowest BCUT2D eigenvalue weighted by molar-refractivity contribution is -0.130. The number of carbonyl (C=O) groups is 2. The van der Waals surface area contributed by atoms with Crippen LogP contribution in [0.5, 0.6) is 0 Å². The zero-order chi connectivity index (χ0) is 19.7. The van der Waals surface area contributed by atoms with E-state index in [4.69, 9.17) is 11.6 Å². The minimum atomic E-state index is -0.162. The van der Waals surface area contributed by atoms with Gasteiger partial charge in [-0.3, -0.25) is 9.59 Å². The van der Waals surface area contributed by atoms with Gasteiger partial charge in [-0.25, -0.2) is 4.98 Å². The number of amides is 2. The van der Waals surface area contributed by atoms with E-state index in [1.165, 1.54) is 0 Å². The lowest BCUT2D eigenvalue weighted by Gasteiger charge is -2.22. The summed E-state index contributed by atoms with van der Waals surface area (Å²) in [5, 5.41) is 0.580. The van der Waals surface area contributed by atoms with Crippen LogP contribution in [0.4, 0.5) is 0 Å². The number of aryl methyl sites for hydroxylation is 1. The van der Waals surface area contributed by atoms with E-state index in [0.717, 1.165) is 11.1 Å². The molecule has 28 heavy (non-hydrogen) atoms. The minimum Gasteiger partial charge on any atom is -0.337 e. The van der Waals surface area contributed by atoms with Crippen molar-refractivity contribution < 1.29 is 9.59 Å². The summed E-state index contributed by atoms with van der Waals surface area (Å²) >= 11 is 6.00. The van der Waals surface area contributed by atoms with Gasteiger partial charge in [-0.05, 0) is 30.2 Å². The fourth-order valence-corrected chi connectivity index (χ4v) is 3.63. The highest BCUT2D eigenvalue weighted by atomic mass is 35.5. The Hall–Kier alpha value is -2.86. The molecular weight excluding hydrogens is 376 g/mol. The predicted molar refractivity (Wildman–Crippen MR) is 107 cm³/mol. The molecule has 1 aliphatic heterocycles. The molecule has 0 radical (unpaired) electrons. The van der Waals surface area contributed by atoms with Crippen LogP contribution < -0.4 is 0 Å². The molecule has 2 aromatic heterocycles. The number of hydrogen-bond acceptors (Lipinski definition) is 3. The van der Waals surface area contributed by atoms with Gasteiger partial charge in [-0.15, -0.1) is 0 Å². The molecule has 0 spiro atoms. The van der Waals surface area contributed by atoms with Crippen LogP contribution in [0.1, 0.15) is 28.0 Å². The van der Waals surface area contributed by atoms with Crippen molar-refractivity contribution in [3.63, 3.8) is 0 Å². The highest BCUT2D eigenvalue weighted by Crippen LogP contribution is 2.16. The number of imidazole rings is 1. The monoisotopic (exact) mass is 396 g/mol. The van der Waals surface area contributed by atoms with Crippen LogP contribution in [0.2, 0.25) is 5.02 Å². The quantitative estimate of drug-likeness (QED) is 0.683. The molecule has 1 aromatic carbocycles. The van der Waals surface area contributed by atoms with Crippen molar-refractivity contribution in [2.45, 2.75) is 19.9 Å². The van der Waals surface area contributed by atoms with Crippen molar-refractivity contribution in [2.24, 2.45) is 0 Å². The largest absolute Gasteiger partial charge is 0.337 e. The van der Waals surface area contributed by atoms with E-state index >= 15 is 0 Å². The molecule has 2 amide bonds. The molecule has 3 aromatic rings. The molecule has 4 rings (SSSR count). The Morgan fingerprint density at radius 1 is 1.11 bits per heavy atom. The third kappa shape index (κ3) is 3.73. The van der Waals surface area contributed by atoms with Crippen molar-refractivity contribution in [3.05, 3.63) is 70.6 Å². The van der Waals surface area contributed by atoms with E-state index in [9.17, 15) is 9.59 Å². The molecule has 0 bridgehead atoms. The number of nitrogens with zero attached hydrogens (tertiary/aromatic N) is 4. The first kappa shape index (κ1) is 18.5. The number of aromatic nitrogens is 2. The summed E-state index contributed by atoms with van der Waals surface area (Å²) in [7, 11) is 0. The van der Waals surface area contributed by atoms with E-state index in [1.807, 2.05) is 36.1 Å². The molecule has 1 aliphatic rings. The normalized spacial score (nSPS) is 15.1. The third-order valence-corrected chi connectivity index (χ3v) is 5.36. The Bertz CT molecular complexity index is 1050. The molecular formula is C21H21ClN4O2. The van der Waals surface area contributed by atoms with E-state index < -0.39 is 0 Å². The first-order valence-electron chi connectivity index (χ1n) is 9.27. The van der Waals surface area contributed by atoms with E-state index in [0.29, 0.717) is 49.0 Å². The lowest BCUT2D eigenvalue weighted by atomic mass is 10.1. The fraction of sp³-hybridized carbons (Fsp3) is 0.286. The second-order valence-electron chi connectivity index (χ2n) is 7.02. The summed E-state index contributed by atoms with van der Waals surface area (Å²) in [4.78, 5) is 33.4. The number of carbonyl (C=O) groups excluding carboxylic acids is 2. The lowest BCUT2D eigenvalue weighted by Crippen LogP contribution is -2.35. The van der Waals surface area contributed by atoms with Gasteiger partial charge in [0.1, 0.15) is 11.3 Å². The maximum atomic E-state index is 12.9. The van der Waals surface area contributed by atoms with Crippen molar-refractivity contribution >= 4 is 29.1 Å². The van der Waals surface area contributed by atoms with E-state index in [1.54, 1.807) is 33.8 Å². The second kappa shape index (κ2) is 7.64. The summed E-state index contributed by atoms with van der Waals surface area (Å²) in [6.45, 7) is 4.02. The van der Waals surface area contributed by atoms with Crippen molar-refractivity contribution in [1.82, 2.24) is 19.2 Å². The summed E-state index contributed by atoms with van der Waals surface area (Å²) in [5.41, 5.74) is 3.32. The number of pyridine rings is 1. The molecule has 0 N–H and O–H groups in total. The molecule has 1 fully saturated rings. The summed E-state index contributed by atoms with van der Waals surface area (Å²) in [6, 6.07) is 11.6. The van der Waals surface area contributed by atoms with Gasteiger partial charge in [0.2, 0.25) is 5.91 Å². The molecule has 144 valence electrons. The van der Waals surface area contributed by atoms with Crippen LogP contribution in [0, 0.1) is 6.92 Å². The van der Waals surface area contributed by atoms with Crippen LogP contribution in [0.25, 0.3) is 5.65 Å². The highest BCUT2D eigenvalue weighted by Gasteiger charge is 2.26. The number of halogens is 1. The molecule has 1 saturated heterocycles. The van der Waals surface area contributed by atoms with Crippen LogP contribution in [0.15, 0.2) is 48.8 Å². The zero-order valence-electron chi connectivity index (χ0n) is 15.6. The number of hydrogen-bond donors (Lipinski definition) is 0. The SMILES string of the molecule is Cc1ccccc1CN1CCN(C(=O)c2cn3cc(Cl)ccc3n2)CCC1=O. The van der Waals surface area contributed by atoms with E-state index in [-0.39, 0.29) is 11.8 Å². The van der Waals surface area contributed by atoms with E-state index in [2.05, 4.69) is 4.98 Å². The first-order valence-corrected chi connectivity index (χ1v) is 9.65. The van der Waals surface area contributed by atoms with Crippen molar-refractivity contribution in [2.75, 3.05) is 19.6 Å². The highest BCUT2D eigenvalue weighted by molar-refractivity contribution is 6.30. The van der Waals surface area contributed by atoms with Crippen LogP contribution in [-0.2, 0) is 11.3 Å². The molecule has 0 aliphatic carbocycles. The standard InChI is InChI=1S/C21H21ClN4O2/c1-15-4-2-3-5-16(15)12-25-11-10-24(9-8-20(25)27)21(28)18-14-26-13-17(22)6-7-19(26)23-18/h2-7,13-14H,8-12H2,1H3. The molecule has 6 nitrogen and oxygen atoms in total. The molecule has 0 saturated carbocycles. The second-order valence-corrected chi connectivity index (χ2v) is 7.46.